The third kappa shape index (κ3) is 11.0. The van der Waals surface area contributed by atoms with Crippen LogP contribution in [-0.2, 0) is 4.79 Å². The van der Waals surface area contributed by atoms with Gasteiger partial charge in [-0.3, -0.25) is 4.79 Å². The van der Waals surface area contributed by atoms with E-state index in [-0.39, 0.29) is 22.4 Å². The molecule has 0 atom stereocenters. The highest BCUT2D eigenvalue weighted by Crippen LogP contribution is 2.44. The highest BCUT2D eigenvalue weighted by molar-refractivity contribution is 6.21. The number of nitrogens with zero attached hydrogens (tertiary/aromatic N) is 1. The van der Waals surface area contributed by atoms with Crippen molar-refractivity contribution < 1.29 is 9.90 Å². The first-order chi connectivity index (χ1) is 17.3. The smallest absolute Gasteiger partial charge is 0.166 e. The summed E-state index contributed by atoms with van der Waals surface area (Å²) in [4.78, 5) is 11.8. The highest BCUT2D eigenvalue weighted by atomic mass is 16.3. The fraction of sp³-hybridized carbons (Fsp3) is 0.515. The molecule has 1 aromatic rings. The average molecular weight is 509 g/mol. The Morgan fingerprint density at radius 2 is 1.49 bits per heavy atom. The van der Waals surface area contributed by atoms with Gasteiger partial charge in [0.25, 0.3) is 0 Å². The van der Waals surface area contributed by atoms with Crippen molar-refractivity contribution in [1.29, 1.82) is 0 Å². The molecular formula is C33H52N2O2. The van der Waals surface area contributed by atoms with Gasteiger partial charge in [0.2, 0.25) is 0 Å². The van der Waals surface area contributed by atoms with Crippen LogP contribution in [0, 0.1) is 16.7 Å². The molecule has 0 heterocycles. The van der Waals surface area contributed by atoms with E-state index >= 15 is 0 Å². The number of carbonyl (C=O) groups is 1. The van der Waals surface area contributed by atoms with E-state index in [4.69, 9.17) is 5.84 Å². The number of aliphatic hydroxyl groups is 1. The quantitative estimate of drug-likeness (QED) is 0.185. The number of benzene rings is 1. The van der Waals surface area contributed by atoms with Crippen LogP contribution in [-0.4, -0.2) is 17.1 Å². The highest BCUT2D eigenvalue weighted by Gasteiger charge is 2.31. The van der Waals surface area contributed by atoms with Gasteiger partial charge in [0.05, 0.1) is 11.8 Å². The van der Waals surface area contributed by atoms with Gasteiger partial charge in [0, 0.05) is 23.7 Å². The molecule has 4 heteroatoms. The topological polar surface area (TPSA) is 75.7 Å². The summed E-state index contributed by atoms with van der Waals surface area (Å²) in [7, 11) is 0. The van der Waals surface area contributed by atoms with Crippen molar-refractivity contribution in [2.24, 2.45) is 27.7 Å². The lowest BCUT2D eigenvalue weighted by Gasteiger charge is -2.36. The standard InChI is InChI=1S/C14H22.C13H14N2O2.C4H10.C2H6/c1-7-8-12-11(2)13(3,4)9-10-14(12,5)6;14-15-8-9-4-6-10(7-5-9)13-11(16)2-1-3-12(13)17;1-4(2)3;1-2/h7-10H,1-6H3;4-8,16H,1-3,14H2;4H,1-3H3;1-2H3/b8-7+;15-8+;;. The predicted octanol–water partition coefficient (Wildman–Crippen LogP) is 9.19. The van der Waals surface area contributed by atoms with Crippen molar-refractivity contribution in [1.82, 2.24) is 0 Å². The molecule has 0 saturated heterocycles. The van der Waals surface area contributed by atoms with Crippen molar-refractivity contribution in [3.05, 3.63) is 76.6 Å². The number of hydrogen-bond acceptors (Lipinski definition) is 4. The molecule has 0 aromatic heterocycles. The van der Waals surface area contributed by atoms with Crippen molar-refractivity contribution in [3.8, 4) is 0 Å². The Kier molecular flexibility index (Phi) is 14.8. The monoisotopic (exact) mass is 508 g/mol. The molecule has 0 unspecified atom stereocenters. The molecule has 0 bridgehead atoms. The number of Topliss-reactive ketones (excluding diaryl/α,β-unsaturated/α-hetero) is 1. The third-order valence-electron chi connectivity index (χ3n) is 6.12. The third-order valence-corrected chi connectivity index (χ3v) is 6.12. The van der Waals surface area contributed by atoms with Gasteiger partial charge in [-0.25, -0.2) is 0 Å². The van der Waals surface area contributed by atoms with Crippen LogP contribution in [0.25, 0.3) is 5.57 Å². The summed E-state index contributed by atoms with van der Waals surface area (Å²) in [5.41, 5.74) is 5.42. The average Bonchev–Trinajstić information content (AvgIpc) is 2.83. The summed E-state index contributed by atoms with van der Waals surface area (Å²) in [5.74, 6) is 6.09. The number of aliphatic hydroxyl groups excluding tert-OH is 1. The first-order valence-corrected chi connectivity index (χ1v) is 13.6. The molecule has 2 aliphatic carbocycles. The van der Waals surface area contributed by atoms with Crippen molar-refractivity contribution in [3.63, 3.8) is 0 Å². The second kappa shape index (κ2) is 16.1. The fourth-order valence-electron chi connectivity index (χ4n) is 3.95. The minimum atomic E-state index is 0.00833. The molecular weight excluding hydrogens is 456 g/mol. The fourth-order valence-corrected chi connectivity index (χ4v) is 3.95. The maximum atomic E-state index is 11.8. The van der Waals surface area contributed by atoms with Crippen LogP contribution < -0.4 is 5.84 Å². The van der Waals surface area contributed by atoms with Crippen LogP contribution in [0.1, 0.15) is 107 Å². The van der Waals surface area contributed by atoms with Gasteiger partial charge in [-0.2, -0.15) is 5.10 Å². The predicted molar refractivity (Wildman–Crippen MR) is 163 cm³/mol. The molecule has 0 radical (unpaired) electrons. The van der Waals surface area contributed by atoms with E-state index in [0.717, 1.165) is 23.5 Å². The van der Waals surface area contributed by atoms with Crippen molar-refractivity contribution in [2.45, 2.75) is 95.4 Å². The molecule has 0 aliphatic heterocycles. The molecule has 2 aliphatic rings. The minimum absolute atomic E-state index is 0.00833. The number of hydrazone groups is 1. The van der Waals surface area contributed by atoms with Gasteiger partial charge in [-0.15, -0.1) is 0 Å². The van der Waals surface area contributed by atoms with E-state index in [2.05, 4.69) is 91.7 Å². The lowest BCUT2D eigenvalue weighted by Crippen LogP contribution is -2.24. The maximum Gasteiger partial charge on any atom is 0.166 e. The molecule has 37 heavy (non-hydrogen) atoms. The van der Waals surface area contributed by atoms with Gasteiger partial charge in [0.1, 0.15) is 5.76 Å². The van der Waals surface area contributed by atoms with Crippen molar-refractivity contribution in [2.75, 3.05) is 0 Å². The summed E-state index contributed by atoms with van der Waals surface area (Å²) >= 11 is 0. The number of ketones is 1. The first-order valence-electron chi connectivity index (χ1n) is 13.6. The number of carbonyl (C=O) groups excluding carboxylic acids is 1. The molecule has 1 aromatic carbocycles. The van der Waals surface area contributed by atoms with Crippen LogP contribution in [0.3, 0.4) is 0 Å². The van der Waals surface area contributed by atoms with E-state index in [1.165, 1.54) is 17.4 Å². The van der Waals surface area contributed by atoms with E-state index in [1.807, 2.05) is 26.0 Å². The van der Waals surface area contributed by atoms with Gasteiger partial charge in [-0.1, -0.05) is 116 Å². The lowest BCUT2D eigenvalue weighted by molar-refractivity contribution is -0.114. The maximum absolute atomic E-state index is 11.8. The van der Waals surface area contributed by atoms with Gasteiger partial charge in [-0.05, 0) is 42.9 Å². The Balaban J connectivity index is 0.000000586. The molecule has 3 N–H and O–H groups in total. The zero-order valence-electron chi connectivity index (χ0n) is 25.3. The normalized spacial score (nSPS) is 18.2. The Labute approximate surface area is 227 Å². The van der Waals surface area contributed by atoms with Crippen LogP contribution in [0.5, 0.6) is 0 Å². The lowest BCUT2D eigenvalue weighted by atomic mass is 9.68. The Hall–Kier alpha value is -2.88. The Morgan fingerprint density at radius 1 is 0.973 bits per heavy atom. The molecule has 0 fully saturated rings. The molecule has 4 nitrogen and oxygen atoms in total. The summed E-state index contributed by atoms with van der Waals surface area (Å²) < 4.78 is 0. The van der Waals surface area contributed by atoms with Crippen molar-refractivity contribution >= 4 is 17.6 Å². The summed E-state index contributed by atoms with van der Waals surface area (Å²) in [5, 5.41) is 13.2. The molecule has 3 rings (SSSR count). The second-order valence-corrected chi connectivity index (χ2v) is 11.0. The number of hydrogen-bond donors (Lipinski definition) is 2. The summed E-state index contributed by atoms with van der Waals surface area (Å²) in [6.07, 6.45) is 12.4. The van der Waals surface area contributed by atoms with Crippen LogP contribution in [0.4, 0.5) is 0 Å². The molecule has 206 valence electrons. The zero-order chi connectivity index (χ0) is 28.8. The van der Waals surface area contributed by atoms with E-state index in [0.29, 0.717) is 18.4 Å². The number of allylic oxidation sites excluding steroid dienone is 8. The van der Waals surface area contributed by atoms with E-state index in [1.54, 1.807) is 12.1 Å². The number of nitrogens with two attached hydrogens (primary N) is 1. The molecule has 0 saturated carbocycles. The van der Waals surface area contributed by atoms with Gasteiger partial charge >= 0.3 is 0 Å². The summed E-state index contributed by atoms with van der Waals surface area (Å²) in [6, 6.07) is 7.22. The van der Waals surface area contributed by atoms with E-state index in [9.17, 15) is 9.90 Å². The minimum Gasteiger partial charge on any atom is -0.512 e. The second-order valence-electron chi connectivity index (χ2n) is 11.0. The Morgan fingerprint density at radius 3 is 1.95 bits per heavy atom. The first kappa shape index (κ1) is 34.1. The zero-order valence-corrected chi connectivity index (χ0v) is 25.3. The molecule has 0 amide bonds. The van der Waals surface area contributed by atoms with Crippen LogP contribution in [0.2, 0.25) is 0 Å². The van der Waals surface area contributed by atoms with Crippen LogP contribution in [0.15, 0.2) is 70.6 Å². The Bertz CT molecular complexity index is 999. The number of rotatable bonds is 3. The molecule has 0 spiro atoms. The summed E-state index contributed by atoms with van der Waals surface area (Å²) in [6.45, 7) is 23.9. The van der Waals surface area contributed by atoms with Crippen LogP contribution >= 0.6 is 0 Å². The van der Waals surface area contributed by atoms with Gasteiger partial charge < -0.3 is 10.9 Å². The van der Waals surface area contributed by atoms with E-state index < -0.39 is 0 Å². The van der Waals surface area contributed by atoms with Gasteiger partial charge in [0.15, 0.2) is 5.78 Å². The largest absolute Gasteiger partial charge is 0.512 e. The SMILES string of the molecule is C/C=C/C1=C(C)C(C)(C)C=CC1(C)C.CC.CC(C)C.N/N=C/c1ccc(C2=C(O)CCCC2=O)cc1.